The second kappa shape index (κ2) is 6.09. The fourth-order valence-corrected chi connectivity index (χ4v) is 5.36. The molecule has 0 unspecified atom stereocenters. The maximum atomic E-state index is 12.8. The number of nitrogens with one attached hydrogen (secondary N) is 2. The van der Waals surface area contributed by atoms with Crippen molar-refractivity contribution >= 4 is 23.5 Å². The van der Waals surface area contributed by atoms with Gasteiger partial charge in [-0.3, -0.25) is 24.1 Å². The van der Waals surface area contributed by atoms with E-state index >= 15 is 0 Å². The largest absolute Gasteiger partial charge is 0.310 e. The van der Waals surface area contributed by atoms with Crippen molar-refractivity contribution in [3.05, 3.63) is 32.9 Å². The lowest BCUT2D eigenvalue weighted by Crippen LogP contribution is -2.18. The highest BCUT2D eigenvalue weighted by Gasteiger charge is 2.35. The highest BCUT2D eigenvalue weighted by atomic mass is 32.2. The van der Waals surface area contributed by atoms with Gasteiger partial charge in [0.2, 0.25) is 5.91 Å². The monoisotopic (exact) mass is 361 g/mol. The summed E-state index contributed by atoms with van der Waals surface area (Å²) in [6.45, 7) is 3.97. The summed E-state index contributed by atoms with van der Waals surface area (Å²) >= 11 is 1.50. The molecule has 25 heavy (non-hydrogen) atoms. The first-order chi connectivity index (χ1) is 12.0. The molecular weight excluding hydrogens is 338 g/mol. The van der Waals surface area contributed by atoms with Crippen LogP contribution in [-0.2, 0) is 11.8 Å². The van der Waals surface area contributed by atoms with Gasteiger partial charge < -0.3 is 5.32 Å². The number of nitrogens with zero attached hydrogens (tertiary/aromatic N) is 3. The third-order valence-electron chi connectivity index (χ3n) is 5.38. The Hall–Kier alpha value is -1.96. The second-order valence-corrected chi connectivity index (χ2v) is 8.05. The van der Waals surface area contributed by atoms with E-state index in [1.165, 1.54) is 11.8 Å². The first-order valence-corrected chi connectivity index (χ1v) is 9.78. The number of fused-ring (bicyclic) bond motifs is 1. The molecule has 134 valence electrons. The van der Waals surface area contributed by atoms with Gasteiger partial charge in [-0.1, -0.05) is 12.8 Å². The molecule has 2 aromatic heterocycles. The highest BCUT2D eigenvalue weighted by molar-refractivity contribution is 8.00. The lowest BCUT2D eigenvalue weighted by Gasteiger charge is -2.17. The van der Waals surface area contributed by atoms with Crippen molar-refractivity contribution < 1.29 is 4.79 Å². The molecule has 1 atom stereocenters. The Kier molecular flexibility index (Phi) is 4.02. The highest BCUT2D eigenvalue weighted by Crippen LogP contribution is 2.43. The Labute approximate surface area is 150 Å². The topological polar surface area (TPSA) is 84.7 Å². The molecule has 2 aliphatic rings. The summed E-state index contributed by atoms with van der Waals surface area (Å²) in [6.07, 6.45) is 4.39. The molecular formula is C17H23N5O2S. The zero-order valence-electron chi connectivity index (χ0n) is 14.8. The molecule has 0 radical (unpaired) electrons. The number of aromatic nitrogens is 4. The number of hydrogen-bond donors (Lipinski definition) is 2. The van der Waals surface area contributed by atoms with Crippen LogP contribution in [0.4, 0.5) is 5.82 Å². The number of aryl methyl sites for hydroxylation is 2. The van der Waals surface area contributed by atoms with Gasteiger partial charge in [0.05, 0.1) is 28.3 Å². The zero-order valence-corrected chi connectivity index (χ0v) is 15.6. The first kappa shape index (κ1) is 16.5. The molecule has 8 heteroatoms. The molecule has 3 heterocycles. The number of thioether (sulfide) groups is 1. The summed E-state index contributed by atoms with van der Waals surface area (Å²) < 4.78 is 3.75. The van der Waals surface area contributed by atoms with Crippen LogP contribution in [0.3, 0.4) is 0 Å². The molecule has 1 amide bonds. The fraction of sp³-hybridized carbons (Fsp3) is 0.588. The predicted octanol–water partition coefficient (Wildman–Crippen LogP) is 2.42. The molecule has 0 bridgehead atoms. The smallest absolute Gasteiger partial charge is 0.270 e. The molecule has 0 saturated heterocycles. The Morgan fingerprint density at radius 2 is 1.88 bits per heavy atom. The molecule has 1 fully saturated rings. The molecule has 1 saturated carbocycles. The number of rotatable bonds is 2. The Balaban J connectivity index is 1.90. The standard InChI is InChI=1S/C17H23N5O2S/c1-9-13(10(2)21(3)19-9)15-14-16(18-12(23)8-25-15)22(20-17(14)24)11-6-4-5-7-11/h11,15H,4-8H2,1-3H3,(H,18,23)(H,20,24)/t15-/m1/s1. The maximum Gasteiger partial charge on any atom is 0.270 e. The summed E-state index contributed by atoms with van der Waals surface area (Å²) in [5.74, 6) is 0.926. The number of hydrogen-bond acceptors (Lipinski definition) is 4. The number of carbonyl (C=O) groups excluding carboxylic acids is 1. The fourth-order valence-electron chi connectivity index (χ4n) is 4.08. The number of aromatic amines is 1. The van der Waals surface area contributed by atoms with Gasteiger partial charge in [0.25, 0.3) is 5.56 Å². The molecule has 2 N–H and O–H groups in total. The van der Waals surface area contributed by atoms with Crippen molar-refractivity contribution in [2.24, 2.45) is 7.05 Å². The third kappa shape index (κ3) is 2.63. The van der Waals surface area contributed by atoms with Crippen LogP contribution in [-0.4, -0.2) is 31.2 Å². The summed E-state index contributed by atoms with van der Waals surface area (Å²) in [5, 5.41) is 10.3. The summed E-state index contributed by atoms with van der Waals surface area (Å²) in [5.41, 5.74) is 3.53. The molecule has 1 aliphatic carbocycles. The van der Waals surface area contributed by atoms with Gasteiger partial charge in [0, 0.05) is 18.3 Å². The van der Waals surface area contributed by atoms with E-state index in [2.05, 4.69) is 15.5 Å². The SMILES string of the molecule is Cc1nn(C)c(C)c1[C@H]1SCC(=O)Nc2c1c(=O)[nH]n2C1CCCC1. The molecule has 7 nitrogen and oxygen atoms in total. The van der Waals surface area contributed by atoms with Crippen LogP contribution < -0.4 is 10.9 Å². The summed E-state index contributed by atoms with van der Waals surface area (Å²) in [4.78, 5) is 25.1. The molecule has 0 aromatic carbocycles. The number of carbonyl (C=O) groups is 1. The van der Waals surface area contributed by atoms with Crippen LogP contribution >= 0.6 is 11.8 Å². The molecule has 2 aromatic rings. The van der Waals surface area contributed by atoms with Gasteiger partial charge >= 0.3 is 0 Å². The quantitative estimate of drug-likeness (QED) is 0.860. The minimum atomic E-state index is -0.186. The minimum absolute atomic E-state index is 0.0568. The number of anilines is 1. The minimum Gasteiger partial charge on any atom is -0.310 e. The van der Waals surface area contributed by atoms with Crippen LogP contribution in [0.1, 0.15) is 59.5 Å². The van der Waals surface area contributed by atoms with Crippen molar-refractivity contribution in [2.75, 3.05) is 11.1 Å². The van der Waals surface area contributed by atoms with Gasteiger partial charge in [0.15, 0.2) is 0 Å². The maximum absolute atomic E-state index is 12.8. The van der Waals surface area contributed by atoms with Gasteiger partial charge in [-0.25, -0.2) is 0 Å². The van der Waals surface area contributed by atoms with Crippen molar-refractivity contribution in [1.82, 2.24) is 19.6 Å². The number of H-pyrrole nitrogens is 1. The van der Waals surface area contributed by atoms with Crippen LogP contribution in [0.2, 0.25) is 0 Å². The van der Waals surface area contributed by atoms with Crippen LogP contribution in [0.15, 0.2) is 4.79 Å². The third-order valence-corrected chi connectivity index (χ3v) is 6.61. The Bertz CT molecular complexity index is 888. The summed E-state index contributed by atoms with van der Waals surface area (Å²) in [7, 11) is 1.91. The van der Waals surface area contributed by atoms with Crippen molar-refractivity contribution in [1.29, 1.82) is 0 Å². The van der Waals surface area contributed by atoms with E-state index < -0.39 is 0 Å². The molecule has 0 spiro atoms. The van der Waals surface area contributed by atoms with E-state index in [1.54, 1.807) is 0 Å². The lowest BCUT2D eigenvalue weighted by molar-refractivity contribution is -0.113. The van der Waals surface area contributed by atoms with E-state index in [-0.39, 0.29) is 22.8 Å². The van der Waals surface area contributed by atoms with E-state index in [0.717, 1.165) is 42.6 Å². The van der Waals surface area contributed by atoms with Gasteiger partial charge in [-0.2, -0.15) is 5.10 Å². The van der Waals surface area contributed by atoms with Crippen LogP contribution in [0.25, 0.3) is 0 Å². The number of amides is 1. The zero-order chi connectivity index (χ0) is 17.7. The lowest BCUT2D eigenvalue weighted by atomic mass is 10.0. The molecule has 1 aliphatic heterocycles. The van der Waals surface area contributed by atoms with Crippen molar-refractivity contribution in [3.63, 3.8) is 0 Å². The normalized spacial score (nSPS) is 21.2. The van der Waals surface area contributed by atoms with E-state index in [1.807, 2.05) is 30.3 Å². The first-order valence-electron chi connectivity index (χ1n) is 8.73. The van der Waals surface area contributed by atoms with Crippen LogP contribution in [0.5, 0.6) is 0 Å². The average Bonchev–Trinajstić information content (AvgIpc) is 3.21. The average molecular weight is 361 g/mol. The predicted molar refractivity (Wildman–Crippen MR) is 98.2 cm³/mol. The van der Waals surface area contributed by atoms with Crippen LogP contribution in [0, 0.1) is 13.8 Å². The van der Waals surface area contributed by atoms with Crippen molar-refractivity contribution in [2.45, 2.75) is 50.8 Å². The Morgan fingerprint density at radius 3 is 2.52 bits per heavy atom. The molecule has 4 rings (SSSR count). The summed E-state index contributed by atoms with van der Waals surface area (Å²) in [6, 6.07) is 0.261. The second-order valence-electron chi connectivity index (χ2n) is 6.96. The van der Waals surface area contributed by atoms with E-state index in [0.29, 0.717) is 17.1 Å². The van der Waals surface area contributed by atoms with Crippen molar-refractivity contribution in [3.8, 4) is 0 Å². The van der Waals surface area contributed by atoms with Gasteiger partial charge in [0.1, 0.15) is 5.82 Å². The van der Waals surface area contributed by atoms with E-state index in [4.69, 9.17) is 0 Å². The Morgan fingerprint density at radius 1 is 1.16 bits per heavy atom. The van der Waals surface area contributed by atoms with E-state index in [9.17, 15) is 9.59 Å². The van der Waals surface area contributed by atoms with Gasteiger partial charge in [-0.05, 0) is 26.7 Å². The van der Waals surface area contributed by atoms with Gasteiger partial charge in [-0.15, -0.1) is 11.8 Å².